The number of rotatable bonds is 11. The first-order valence-corrected chi connectivity index (χ1v) is 7.35. The van der Waals surface area contributed by atoms with E-state index in [1.807, 2.05) is 34.6 Å². The molecule has 0 aromatic rings. The zero-order chi connectivity index (χ0) is 16.3. The Balaban J connectivity index is 3.60. The molecule has 1 atom stereocenters. The molecule has 8 nitrogen and oxygen atoms in total. The number of nitrogens with zero attached hydrogens (tertiary/aromatic N) is 2. The van der Waals surface area contributed by atoms with Crippen molar-refractivity contribution in [3.05, 3.63) is 4.91 Å². The molecule has 21 heavy (non-hydrogen) atoms. The maximum absolute atomic E-state index is 11.4. The Labute approximate surface area is 126 Å². The minimum absolute atomic E-state index is 0.176. The van der Waals surface area contributed by atoms with Gasteiger partial charge < -0.3 is 9.47 Å². The molecule has 0 amide bonds. The van der Waals surface area contributed by atoms with Crippen LogP contribution in [0.15, 0.2) is 0 Å². The molecule has 0 aliphatic heterocycles. The molecule has 0 aromatic heterocycles. The molecule has 0 heterocycles. The summed E-state index contributed by atoms with van der Waals surface area (Å²) in [4.78, 5) is 28.2. The molecule has 0 radical (unpaired) electrons. The van der Waals surface area contributed by atoms with Gasteiger partial charge >= 0.3 is 6.16 Å². The van der Waals surface area contributed by atoms with E-state index < -0.39 is 6.16 Å². The Morgan fingerprint density at radius 3 is 2.33 bits per heavy atom. The molecule has 0 rings (SSSR count). The van der Waals surface area contributed by atoms with Crippen LogP contribution in [0.25, 0.3) is 0 Å². The van der Waals surface area contributed by atoms with Crippen LogP contribution in [0.1, 0.15) is 41.0 Å². The average molecular weight is 306 g/mol. The van der Waals surface area contributed by atoms with Gasteiger partial charge in [0.25, 0.3) is 4.98 Å². The SMILES string of the molecule is CCN(CC)[N+](=O)NOCCCOC(=O)OC(C)C(C)C. The minimum atomic E-state index is -0.683. The van der Waals surface area contributed by atoms with Gasteiger partial charge in [0.05, 0.1) is 31.2 Å². The lowest BCUT2D eigenvalue weighted by Gasteiger charge is -2.15. The van der Waals surface area contributed by atoms with Gasteiger partial charge in [-0.05, 0) is 26.7 Å². The normalized spacial score (nSPS) is 11.9. The van der Waals surface area contributed by atoms with Crippen LogP contribution in [0, 0.1) is 10.8 Å². The first-order valence-electron chi connectivity index (χ1n) is 7.35. The van der Waals surface area contributed by atoms with E-state index in [9.17, 15) is 9.70 Å². The number of carbonyl (C=O) groups excluding carboxylic acids is 1. The second kappa shape index (κ2) is 11.1. The maximum Gasteiger partial charge on any atom is 0.508 e. The average Bonchev–Trinajstić information content (AvgIpc) is 2.43. The van der Waals surface area contributed by atoms with E-state index in [4.69, 9.17) is 14.3 Å². The molecule has 1 unspecified atom stereocenters. The highest BCUT2D eigenvalue weighted by Gasteiger charge is 2.16. The number of hydrogen-bond donors (Lipinski definition) is 1. The number of hydrazine groups is 2. The van der Waals surface area contributed by atoms with Gasteiger partial charge in [-0.15, -0.1) is 5.01 Å². The van der Waals surface area contributed by atoms with Gasteiger partial charge in [-0.25, -0.2) is 9.63 Å². The first kappa shape index (κ1) is 19.4. The Morgan fingerprint density at radius 2 is 1.81 bits per heavy atom. The predicted molar refractivity (Wildman–Crippen MR) is 77.0 cm³/mol. The summed E-state index contributed by atoms with van der Waals surface area (Å²) in [5.74, 6) is 0.244. The van der Waals surface area contributed by atoms with E-state index in [0.717, 1.165) is 0 Å². The van der Waals surface area contributed by atoms with E-state index >= 15 is 0 Å². The molecule has 1 N–H and O–H groups in total. The lowest BCUT2D eigenvalue weighted by Crippen LogP contribution is -2.42. The third-order valence-electron chi connectivity index (χ3n) is 2.96. The summed E-state index contributed by atoms with van der Waals surface area (Å²) in [5, 5.41) is 1.52. The molecule has 8 heteroatoms. The van der Waals surface area contributed by atoms with Crippen molar-refractivity contribution in [1.82, 2.24) is 10.6 Å². The summed E-state index contributed by atoms with van der Waals surface area (Å²) in [6, 6.07) is 0. The third-order valence-corrected chi connectivity index (χ3v) is 2.96. The minimum Gasteiger partial charge on any atom is -0.434 e. The molecule has 124 valence electrons. The van der Waals surface area contributed by atoms with Gasteiger partial charge in [0.1, 0.15) is 6.10 Å². The summed E-state index contributed by atoms with van der Waals surface area (Å²) < 4.78 is 9.92. The first-order chi connectivity index (χ1) is 9.92. The van der Waals surface area contributed by atoms with Crippen molar-refractivity contribution in [3.8, 4) is 0 Å². The number of nitrogens with one attached hydrogen (secondary N) is 1. The molecule has 0 saturated carbocycles. The van der Waals surface area contributed by atoms with Gasteiger partial charge in [-0.3, -0.25) is 0 Å². The van der Waals surface area contributed by atoms with Gasteiger partial charge in [0.15, 0.2) is 0 Å². The number of ether oxygens (including phenoxy) is 2. The highest BCUT2D eigenvalue weighted by molar-refractivity contribution is 5.60. The summed E-state index contributed by atoms with van der Waals surface area (Å²) in [7, 11) is 0. The lowest BCUT2D eigenvalue weighted by atomic mass is 10.1. The monoisotopic (exact) mass is 306 g/mol. The summed E-state index contributed by atoms with van der Waals surface area (Å²) in [6.45, 7) is 11.1. The number of nitroso groups, excluding NO2 is 1. The van der Waals surface area contributed by atoms with E-state index in [0.29, 0.717) is 24.5 Å². The summed E-state index contributed by atoms with van der Waals surface area (Å²) >= 11 is 0. The van der Waals surface area contributed by atoms with Crippen molar-refractivity contribution in [1.29, 1.82) is 0 Å². The number of hydrogen-bond acceptors (Lipinski definition) is 5. The van der Waals surface area contributed by atoms with Crippen LogP contribution in [0.3, 0.4) is 0 Å². The highest BCUT2D eigenvalue weighted by atomic mass is 16.7. The smallest absolute Gasteiger partial charge is 0.434 e. The fraction of sp³-hybridized carbons (Fsp3) is 0.923. The van der Waals surface area contributed by atoms with Crippen molar-refractivity contribution in [2.24, 2.45) is 5.92 Å². The third kappa shape index (κ3) is 9.06. The zero-order valence-corrected chi connectivity index (χ0v) is 13.6. The van der Waals surface area contributed by atoms with Crippen molar-refractivity contribution < 1.29 is 24.1 Å². The molecule has 0 fully saturated rings. The molecule has 0 saturated heterocycles. The molecule has 0 aliphatic carbocycles. The summed E-state index contributed by atoms with van der Waals surface area (Å²) in [6.07, 6.45) is -0.402. The quantitative estimate of drug-likeness (QED) is 0.271. The largest absolute Gasteiger partial charge is 0.508 e. The topological polar surface area (TPSA) is 80.1 Å². The van der Waals surface area contributed by atoms with Crippen molar-refractivity contribution >= 4 is 6.16 Å². The molecule has 0 aromatic carbocycles. The fourth-order valence-corrected chi connectivity index (χ4v) is 1.25. The molecular formula is C13H28N3O5+. The molecular weight excluding hydrogens is 278 g/mol. The molecule has 0 aliphatic rings. The Hall–Kier alpha value is -1.57. The number of carbonyl (C=O) groups is 1. The van der Waals surface area contributed by atoms with Gasteiger partial charge in [-0.2, -0.15) is 0 Å². The summed E-state index contributed by atoms with van der Waals surface area (Å²) in [5.41, 5.74) is 2.25. The zero-order valence-electron chi connectivity index (χ0n) is 13.6. The van der Waals surface area contributed by atoms with Crippen molar-refractivity contribution in [3.63, 3.8) is 0 Å². The van der Waals surface area contributed by atoms with Crippen molar-refractivity contribution in [2.45, 2.75) is 47.1 Å². The lowest BCUT2D eigenvalue weighted by molar-refractivity contribution is -0.788. The predicted octanol–water partition coefficient (Wildman–Crippen LogP) is 2.05. The fourth-order valence-electron chi connectivity index (χ4n) is 1.25. The van der Waals surface area contributed by atoms with E-state index in [1.165, 1.54) is 5.01 Å². The Morgan fingerprint density at radius 1 is 1.19 bits per heavy atom. The van der Waals surface area contributed by atoms with Gasteiger partial charge in [-0.1, -0.05) is 13.8 Å². The van der Waals surface area contributed by atoms with Crippen LogP contribution in [0.5, 0.6) is 0 Å². The van der Waals surface area contributed by atoms with Crippen LogP contribution in [-0.4, -0.2) is 48.5 Å². The van der Waals surface area contributed by atoms with Crippen LogP contribution in [0.4, 0.5) is 4.79 Å². The Kier molecular flexibility index (Phi) is 10.3. The van der Waals surface area contributed by atoms with E-state index in [2.05, 4.69) is 5.59 Å². The molecule has 0 spiro atoms. The van der Waals surface area contributed by atoms with Gasteiger partial charge in [0, 0.05) is 12.0 Å². The van der Waals surface area contributed by atoms with Crippen molar-refractivity contribution in [2.75, 3.05) is 26.3 Å². The van der Waals surface area contributed by atoms with E-state index in [-0.39, 0.29) is 25.2 Å². The van der Waals surface area contributed by atoms with E-state index in [1.54, 1.807) is 0 Å². The highest BCUT2D eigenvalue weighted by Crippen LogP contribution is 2.06. The van der Waals surface area contributed by atoms with Crippen LogP contribution >= 0.6 is 0 Å². The van der Waals surface area contributed by atoms with Crippen LogP contribution < -0.4 is 5.59 Å². The maximum atomic E-state index is 11.4. The van der Waals surface area contributed by atoms with Crippen LogP contribution in [-0.2, 0) is 14.3 Å². The second-order valence-electron chi connectivity index (χ2n) is 4.87. The second-order valence-corrected chi connectivity index (χ2v) is 4.87. The van der Waals surface area contributed by atoms with Crippen LogP contribution in [0.2, 0.25) is 0 Å². The Bertz CT molecular complexity index is 308. The standard InChI is InChI=1S/C13H28N3O5/c1-6-15(7-2)16(18)14-20-10-8-9-19-13(17)21-12(5)11(3)4/h11-12H,6-10H2,1-5H3,(H,14,18)/q+1. The molecule has 0 bridgehead atoms. The van der Waals surface area contributed by atoms with Gasteiger partial charge in [0.2, 0.25) is 0 Å².